The minimum Gasteiger partial charge on any atom is -0.496 e. The lowest BCUT2D eigenvalue weighted by atomic mass is 9.56. The highest BCUT2D eigenvalue weighted by Crippen LogP contribution is 2.50. The summed E-state index contributed by atoms with van der Waals surface area (Å²) in [6.07, 6.45) is 4.71. The van der Waals surface area contributed by atoms with Crippen LogP contribution >= 0.6 is 0 Å². The molecule has 5 N–H and O–H groups in total. The van der Waals surface area contributed by atoms with E-state index in [1.54, 1.807) is 51.6 Å². The topological polar surface area (TPSA) is 279 Å². The van der Waals surface area contributed by atoms with Crippen molar-refractivity contribution in [2.75, 3.05) is 160 Å². The van der Waals surface area contributed by atoms with Gasteiger partial charge < -0.3 is 59.2 Å². The molecule has 3 fully saturated rings. The average Bonchev–Trinajstić information content (AvgIpc) is 1.96. The zero-order valence-corrected chi connectivity index (χ0v) is 51.2. The molecule has 2 aliphatic carbocycles. The maximum absolute atomic E-state index is 14.6. The highest BCUT2D eigenvalue weighted by molar-refractivity contribution is 5.98. The quantitative estimate of drug-likeness (QED) is 0.0736. The molecule has 2 saturated carbocycles. The molecule has 5 atom stereocenters. The maximum atomic E-state index is 14.6. The molecule has 85 heavy (non-hydrogen) atoms. The molecular weight excluding hydrogens is 1100 g/mol. The molecule has 24 heteroatoms. The minimum atomic E-state index is -1.44. The minimum absolute atomic E-state index is 0.0126. The number of likely N-dealkylation sites (N-methyl/N-ethyl adjacent to an activating group) is 1. The Labute approximate surface area is 500 Å². The Morgan fingerprint density at radius 1 is 0.694 bits per heavy atom. The number of carboxylic acid groups (broad SMARTS) is 4. The number of hydrogen-bond donors (Lipinski definition) is 5. The van der Waals surface area contributed by atoms with Crippen molar-refractivity contribution < 1.29 is 72.9 Å². The van der Waals surface area contributed by atoms with Gasteiger partial charge in [0.1, 0.15) is 22.8 Å². The van der Waals surface area contributed by atoms with Gasteiger partial charge in [0.25, 0.3) is 5.91 Å². The molecule has 2 bridgehead atoms. The zero-order chi connectivity index (χ0) is 61.8. The van der Waals surface area contributed by atoms with E-state index in [1.165, 1.54) is 0 Å². The predicted molar refractivity (Wildman–Crippen MR) is 318 cm³/mol. The summed E-state index contributed by atoms with van der Waals surface area (Å²) in [5.74, 6) is -2.74. The number of fused-ring (bicyclic) bond motifs is 2. The van der Waals surface area contributed by atoms with E-state index in [1.807, 2.05) is 55.3 Å². The maximum Gasteiger partial charge on any atom is 0.329 e. The largest absolute Gasteiger partial charge is 0.496 e. The number of aromatic nitrogens is 2. The average molecular weight is 1190 g/mol. The number of benzene rings is 2. The van der Waals surface area contributed by atoms with E-state index in [-0.39, 0.29) is 82.0 Å². The molecule has 1 aliphatic heterocycles. The van der Waals surface area contributed by atoms with Gasteiger partial charge in [0, 0.05) is 72.5 Å². The molecule has 1 aromatic heterocycles. The summed E-state index contributed by atoms with van der Waals surface area (Å²) in [5, 5.41) is 47.6. The third-order valence-corrected chi connectivity index (χ3v) is 16.8. The number of carbonyl (C=O) groups excluding carboxylic acids is 2. The Balaban J connectivity index is 1.05. The first-order valence-electron chi connectivity index (χ1n) is 29.9. The molecule has 3 aliphatic rings. The van der Waals surface area contributed by atoms with E-state index >= 15 is 0 Å². The number of amides is 2. The first-order valence-corrected chi connectivity index (χ1v) is 29.9. The van der Waals surface area contributed by atoms with E-state index in [0.29, 0.717) is 118 Å². The van der Waals surface area contributed by atoms with Crippen LogP contribution in [0.1, 0.15) is 88.2 Å². The summed E-state index contributed by atoms with van der Waals surface area (Å²) in [4.78, 5) is 87.5. The van der Waals surface area contributed by atoms with Crippen LogP contribution in [0.4, 0.5) is 0 Å². The van der Waals surface area contributed by atoms with Crippen molar-refractivity contribution in [3.05, 3.63) is 53.7 Å². The number of nitrogens with one attached hydrogen (secondary N) is 1. The van der Waals surface area contributed by atoms with Crippen LogP contribution in [-0.2, 0) is 33.4 Å². The molecule has 2 aromatic carbocycles. The fraction of sp³-hybridized carbons (Fsp3) is 0.656. The van der Waals surface area contributed by atoms with Crippen LogP contribution in [0.3, 0.4) is 0 Å². The number of rotatable bonds is 25. The van der Waals surface area contributed by atoms with Gasteiger partial charge in [-0.3, -0.25) is 43.6 Å². The lowest BCUT2D eigenvalue weighted by molar-refractivity contribution is -0.155. The Bertz CT molecular complexity index is 2660. The van der Waals surface area contributed by atoms with Gasteiger partial charge in [-0.1, -0.05) is 33.8 Å². The summed E-state index contributed by atoms with van der Waals surface area (Å²) >= 11 is 0. The van der Waals surface area contributed by atoms with Crippen LogP contribution in [0.5, 0.6) is 17.2 Å². The number of hydrogen-bond acceptors (Lipinski definition) is 17. The van der Waals surface area contributed by atoms with Crippen molar-refractivity contribution in [2.45, 2.75) is 77.7 Å². The summed E-state index contributed by atoms with van der Waals surface area (Å²) in [7, 11) is 6.93. The molecule has 24 nitrogen and oxygen atoms in total. The number of carboxylic acids is 4. The number of carbonyl (C=O) groups is 6. The van der Waals surface area contributed by atoms with Gasteiger partial charge in [0.05, 0.1) is 90.4 Å². The second kappa shape index (κ2) is 32.9. The zero-order valence-electron chi connectivity index (χ0n) is 51.2. The molecular formula is C61H93N9O15. The fourth-order valence-corrected chi connectivity index (χ4v) is 12.4. The Kier molecular flexibility index (Phi) is 26.2. The van der Waals surface area contributed by atoms with Crippen LogP contribution in [0, 0.1) is 23.7 Å². The Morgan fingerprint density at radius 2 is 1.24 bits per heavy atom. The molecule has 6 rings (SSSR count). The van der Waals surface area contributed by atoms with Crippen molar-refractivity contribution in [1.29, 1.82) is 0 Å². The summed E-state index contributed by atoms with van der Waals surface area (Å²) < 4.78 is 31.5. The Morgan fingerprint density at radius 3 is 1.75 bits per heavy atom. The third kappa shape index (κ3) is 19.5. The van der Waals surface area contributed by atoms with Crippen molar-refractivity contribution in [2.24, 2.45) is 23.7 Å². The molecule has 0 radical (unpaired) electrons. The SMILES string of the molecule is COc1cccc(OC)c1-c1cc(C(=O)NC2(C(=O)O)C(C)CC3CC(C)CC2C3)nn1-c1ccc(OCCCN(C)CCCN(C)C(=O)CN2CCOCCN(CC(=O)O)CCN(CC(=O)O)CCOCCN(CC(=O)O)CC2)cc1C(C)C. The Hall–Kier alpha value is -6.41. The lowest BCUT2D eigenvalue weighted by Crippen LogP contribution is -2.66. The van der Waals surface area contributed by atoms with Crippen LogP contribution < -0.4 is 19.5 Å². The molecule has 2 amide bonds. The highest BCUT2D eigenvalue weighted by Gasteiger charge is 2.57. The standard InChI is InChI=1S/C61H93N9O15/c1-42(2)48-36-47(14-15-50(48)70-51(58-52(81-7)12-9-13-53(58)82-8)37-49(63-70)59(78)62-61(60(79)80)44(4)34-45-32-43(3)33-46(61)35-45)85-27-11-17-64(5)16-10-18-65(6)54(71)38-66-19-20-67(39-55(72)73)24-30-84-31-26-69(41-57(76)77)22-21-68(40-56(74)75)25-29-83-28-23-66/h9,12-15,36-37,42-46H,10-11,16-35,38-41H2,1-8H3,(H,62,78)(H,72,73)(H,74,75)(H,76,77)(H,79,80). The normalized spacial score (nSPS) is 22.0. The smallest absolute Gasteiger partial charge is 0.329 e. The molecule has 472 valence electrons. The van der Waals surface area contributed by atoms with Gasteiger partial charge in [-0.05, 0) is 124 Å². The van der Waals surface area contributed by atoms with Crippen LogP contribution in [0.15, 0.2) is 42.5 Å². The predicted octanol–water partition coefficient (Wildman–Crippen LogP) is 4.38. The van der Waals surface area contributed by atoms with Crippen LogP contribution in [0.2, 0.25) is 0 Å². The summed E-state index contributed by atoms with van der Waals surface area (Å²) in [6, 6.07) is 12.9. The van der Waals surface area contributed by atoms with Gasteiger partial charge in [-0.15, -0.1) is 0 Å². The molecule has 3 aromatic rings. The van der Waals surface area contributed by atoms with Gasteiger partial charge in [0.15, 0.2) is 5.69 Å². The third-order valence-electron chi connectivity index (χ3n) is 16.8. The van der Waals surface area contributed by atoms with Crippen molar-refractivity contribution in [3.63, 3.8) is 0 Å². The van der Waals surface area contributed by atoms with Crippen molar-refractivity contribution in [3.8, 4) is 34.2 Å². The first-order chi connectivity index (χ1) is 40.6. The number of ether oxygens (including phenoxy) is 5. The molecule has 2 heterocycles. The van der Waals surface area contributed by atoms with Crippen LogP contribution in [0.25, 0.3) is 16.9 Å². The van der Waals surface area contributed by atoms with E-state index in [2.05, 4.69) is 31.0 Å². The fourth-order valence-electron chi connectivity index (χ4n) is 12.4. The number of aliphatic carboxylic acids is 4. The van der Waals surface area contributed by atoms with Gasteiger partial charge in [-0.2, -0.15) is 5.10 Å². The molecule has 1 saturated heterocycles. The van der Waals surface area contributed by atoms with Crippen molar-refractivity contribution >= 4 is 35.7 Å². The van der Waals surface area contributed by atoms with E-state index in [0.717, 1.165) is 50.8 Å². The second-order valence-electron chi connectivity index (χ2n) is 23.6. The van der Waals surface area contributed by atoms with Crippen LogP contribution in [-0.4, -0.2) is 260 Å². The number of nitrogens with zero attached hydrogens (tertiary/aromatic N) is 8. The van der Waals surface area contributed by atoms with Gasteiger partial charge in [0.2, 0.25) is 5.91 Å². The molecule has 5 unspecified atom stereocenters. The van der Waals surface area contributed by atoms with Gasteiger partial charge >= 0.3 is 23.9 Å². The lowest BCUT2D eigenvalue weighted by Gasteiger charge is -2.52. The molecule has 0 spiro atoms. The van der Waals surface area contributed by atoms with Crippen molar-refractivity contribution in [1.82, 2.24) is 44.5 Å². The van der Waals surface area contributed by atoms with Gasteiger partial charge in [-0.25, -0.2) is 9.48 Å². The first kappa shape index (κ1) is 67.7. The van der Waals surface area contributed by atoms with E-state index in [4.69, 9.17) is 28.8 Å². The highest BCUT2D eigenvalue weighted by atomic mass is 16.5. The summed E-state index contributed by atoms with van der Waals surface area (Å²) in [5.41, 5.74) is 1.33. The summed E-state index contributed by atoms with van der Waals surface area (Å²) in [6.45, 7) is 13.5. The second-order valence-corrected chi connectivity index (χ2v) is 23.6. The monoisotopic (exact) mass is 1190 g/mol. The van der Waals surface area contributed by atoms with E-state index < -0.39 is 35.3 Å². The van der Waals surface area contributed by atoms with E-state index in [9.17, 15) is 49.2 Å². The number of methoxy groups -OCH3 is 2.